The van der Waals surface area contributed by atoms with Crippen molar-refractivity contribution in [2.45, 2.75) is 11.9 Å². The van der Waals surface area contributed by atoms with E-state index in [9.17, 15) is 4.79 Å². The molecule has 26 heavy (non-hydrogen) atoms. The van der Waals surface area contributed by atoms with Crippen molar-refractivity contribution in [1.82, 2.24) is 15.2 Å². The first-order chi connectivity index (χ1) is 12.7. The van der Waals surface area contributed by atoms with Gasteiger partial charge >= 0.3 is 0 Å². The van der Waals surface area contributed by atoms with Crippen LogP contribution in [0.4, 0.5) is 0 Å². The number of ketones is 1. The third-order valence-corrected chi connectivity index (χ3v) is 7.60. The highest BCUT2D eigenvalue weighted by Crippen LogP contribution is 2.36. The largest absolute Gasteiger partial charge is 0.292 e. The van der Waals surface area contributed by atoms with Gasteiger partial charge in [-0.3, -0.25) is 4.79 Å². The summed E-state index contributed by atoms with van der Waals surface area (Å²) < 4.78 is 0. The van der Waals surface area contributed by atoms with Crippen molar-refractivity contribution in [1.29, 1.82) is 0 Å². The van der Waals surface area contributed by atoms with E-state index >= 15 is 0 Å². The molecule has 0 atom stereocenters. The summed E-state index contributed by atoms with van der Waals surface area (Å²) in [5.41, 5.74) is 1.78. The average Bonchev–Trinajstić information content (AvgIpc) is 3.41. The predicted molar refractivity (Wildman–Crippen MR) is 111 cm³/mol. The Labute approximate surface area is 167 Å². The molecule has 0 aliphatic rings. The van der Waals surface area contributed by atoms with Gasteiger partial charge in [0, 0.05) is 0 Å². The standard InChI is InChI=1S/C18H13N3OS4/c1-11-17(26-18(19-11)15-5-3-9-24-15)12-6-7-16(21-20-12)25-10-13(22)14-4-2-8-23-14/h2-9H,10H2,1H3. The third kappa shape index (κ3) is 3.78. The van der Waals surface area contributed by atoms with Crippen molar-refractivity contribution in [3.8, 4) is 20.5 Å². The topological polar surface area (TPSA) is 55.7 Å². The van der Waals surface area contributed by atoms with E-state index in [4.69, 9.17) is 0 Å². The zero-order chi connectivity index (χ0) is 17.9. The number of Topliss-reactive ketones (excluding diaryl/α,β-unsaturated/α-hetero) is 1. The molecule has 0 radical (unpaired) electrons. The van der Waals surface area contributed by atoms with E-state index in [0.29, 0.717) is 5.75 Å². The first kappa shape index (κ1) is 17.5. The molecule has 0 bridgehead atoms. The van der Waals surface area contributed by atoms with Crippen molar-refractivity contribution >= 4 is 51.6 Å². The second kappa shape index (κ2) is 7.79. The zero-order valence-corrected chi connectivity index (χ0v) is 17.0. The molecule has 4 aromatic rings. The van der Waals surface area contributed by atoms with Gasteiger partial charge in [0.1, 0.15) is 15.7 Å². The van der Waals surface area contributed by atoms with Crippen LogP contribution in [0.3, 0.4) is 0 Å². The smallest absolute Gasteiger partial charge is 0.183 e. The number of thiophene rings is 2. The Balaban J connectivity index is 1.47. The molecule has 0 saturated heterocycles. The minimum atomic E-state index is 0.120. The zero-order valence-electron chi connectivity index (χ0n) is 13.7. The van der Waals surface area contributed by atoms with E-state index < -0.39 is 0 Å². The van der Waals surface area contributed by atoms with E-state index in [1.54, 1.807) is 22.7 Å². The number of carbonyl (C=O) groups excluding carboxylic acids is 1. The summed E-state index contributed by atoms with van der Waals surface area (Å²) in [4.78, 5) is 19.7. The van der Waals surface area contributed by atoms with Gasteiger partial charge in [0.05, 0.1) is 26.1 Å². The highest BCUT2D eigenvalue weighted by molar-refractivity contribution is 7.99. The molecule has 0 aliphatic carbocycles. The summed E-state index contributed by atoms with van der Waals surface area (Å²) in [5, 5.41) is 14.3. The molecule has 0 saturated carbocycles. The highest BCUT2D eigenvalue weighted by Gasteiger charge is 2.14. The van der Waals surface area contributed by atoms with Gasteiger partial charge in [0.25, 0.3) is 0 Å². The minimum absolute atomic E-state index is 0.120. The van der Waals surface area contributed by atoms with Crippen LogP contribution in [0.2, 0.25) is 0 Å². The van der Waals surface area contributed by atoms with Crippen molar-refractivity contribution in [2.75, 3.05) is 5.75 Å². The van der Waals surface area contributed by atoms with Crippen molar-refractivity contribution in [3.63, 3.8) is 0 Å². The Hall–Kier alpha value is -1.87. The van der Waals surface area contributed by atoms with E-state index in [2.05, 4.69) is 26.6 Å². The summed E-state index contributed by atoms with van der Waals surface area (Å²) in [6, 6.07) is 11.7. The second-order valence-corrected chi connectivity index (χ2v) is 9.25. The van der Waals surface area contributed by atoms with Gasteiger partial charge in [-0.25, -0.2) is 4.98 Å². The molecule has 4 aromatic heterocycles. The van der Waals surface area contributed by atoms with Crippen molar-refractivity contribution in [2.24, 2.45) is 0 Å². The van der Waals surface area contributed by atoms with Crippen LogP contribution in [0, 0.1) is 6.92 Å². The fraction of sp³-hybridized carbons (Fsp3) is 0.111. The van der Waals surface area contributed by atoms with Gasteiger partial charge in [-0.2, -0.15) is 0 Å². The Kier molecular flexibility index (Phi) is 5.26. The minimum Gasteiger partial charge on any atom is -0.292 e. The first-order valence-corrected chi connectivity index (χ1v) is 11.3. The molecule has 130 valence electrons. The quantitative estimate of drug-likeness (QED) is 0.300. The second-order valence-electron chi connectivity index (χ2n) is 5.36. The lowest BCUT2D eigenvalue weighted by Gasteiger charge is -2.01. The SMILES string of the molecule is Cc1nc(-c2cccs2)sc1-c1ccc(SCC(=O)c2cccs2)nn1. The Morgan fingerprint density at radius 3 is 2.62 bits per heavy atom. The molecule has 0 aromatic carbocycles. The van der Waals surface area contributed by atoms with Gasteiger partial charge in [-0.05, 0) is 41.9 Å². The molecule has 0 aliphatic heterocycles. The van der Waals surface area contributed by atoms with E-state index in [1.165, 1.54) is 23.1 Å². The molecule has 0 unspecified atom stereocenters. The van der Waals surface area contributed by atoms with Crippen LogP contribution in [0.15, 0.2) is 52.2 Å². The van der Waals surface area contributed by atoms with Crippen LogP contribution in [-0.4, -0.2) is 26.7 Å². The van der Waals surface area contributed by atoms with Gasteiger partial charge in [0.2, 0.25) is 0 Å². The lowest BCUT2D eigenvalue weighted by atomic mass is 10.3. The number of aryl methyl sites for hydroxylation is 1. The average molecular weight is 416 g/mol. The first-order valence-electron chi connectivity index (χ1n) is 7.75. The monoisotopic (exact) mass is 415 g/mol. The molecule has 8 heteroatoms. The summed E-state index contributed by atoms with van der Waals surface area (Å²) in [7, 11) is 0. The van der Waals surface area contributed by atoms with Gasteiger partial charge < -0.3 is 0 Å². The number of thiazole rings is 1. The maximum Gasteiger partial charge on any atom is 0.183 e. The fourth-order valence-corrected chi connectivity index (χ4v) is 5.59. The number of aromatic nitrogens is 3. The molecule has 4 rings (SSSR count). The number of hydrogen-bond acceptors (Lipinski definition) is 8. The van der Waals surface area contributed by atoms with Crippen LogP contribution < -0.4 is 0 Å². The summed E-state index contributed by atoms with van der Waals surface area (Å²) in [5.74, 6) is 0.492. The molecule has 4 heterocycles. The van der Waals surface area contributed by atoms with E-state index in [-0.39, 0.29) is 5.78 Å². The highest BCUT2D eigenvalue weighted by atomic mass is 32.2. The Bertz CT molecular complexity index is 1010. The number of thioether (sulfide) groups is 1. The third-order valence-electron chi connectivity index (χ3n) is 3.55. The Morgan fingerprint density at radius 1 is 1.08 bits per heavy atom. The molecule has 0 fully saturated rings. The normalized spacial score (nSPS) is 11.0. The Morgan fingerprint density at radius 2 is 1.92 bits per heavy atom. The summed E-state index contributed by atoms with van der Waals surface area (Å²) >= 11 is 6.19. The van der Waals surface area contributed by atoms with Crippen molar-refractivity contribution < 1.29 is 4.79 Å². The maximum absolute atomic E-state index is 12.1. The lowest BCUT2D eigenvalue weighted by molar-refractivity contribution is 0.102. The molecular weight excluding hydrogens is 402 g/mol. The van der Waals surface area contributed by atoms with Crippen LogP contribution in [-0.2, 0) is 0 Å². The van der Waals surface area contributed by atoms with E-state index in [0.717, 1.165) is 36.1 Å². The summed E-state index contributed by atoms with van der Waals surface area (Å²) in [6.45, 7) is 1.99. The number of hydrogen-bond donors (Lipinski definition) is 0. The van der Waals surface area contributed by atoms with Gasteiger partial charge in [-0.15, -0.1) is 44.2 Å². The van der Waals surface area contributed by atoms with Gasteiger partial charge in [0.15, 0.2) is 5.78 Å². The lowest BCUT2D eigenvalue weighted by Crippen LogP contribution is -2.00. The molecule has 0 amide bonds. The molecule has 4 nitrogen and oxygen atoms in total. The van der Waals surface area contributed by atoms with Crippen LogP contribution in [0.25, 0.3) is 20.5 Å². The van der Waals surface area contributed by atoms with Gasteiger partial charge in [-0.1, -0.05) is 23.9 Å². The molecular formula is C18H13N3OS4. The maximum atomic E-state index is 12.1. The molecule has 0 spiro atoms. The van der Waals surface area contributed by atoms with Crippen LogP contribution in [0.1, 0.15) is 15.4 Å². The van der Waals surface area contributed by atoms with Crippen LogP contribution in [0.5, 0.6) is 0 Å². The van der Waals surface area contributed by atoms with Crippen molar-refractivity contribution in [3.05, 3.63) is 57.7 Å². The number of nitrogens with zero attached hydrogens (tertiary/aromatic N) is 3. The predicted octanol–water partition coefficient (Wildman–Crippen LogP) is 5.67. The summed E-state index contributed by atoms with van der Waals surface area (Å²) in [6.07, 6.45) is 0. The fourth-order valence-electron chi connectivity index (χ4n) is 2.31. The molecule has 0 N–H and O–H groups in total. The number of rotatable bonds is 6. The van der Waals surface area contributed by atoms with E-state index in [1.807, 2.05) is 42.6 Å². The number of carbonyl (C=O) groups is 1. The van der Waals surface area contributed by atoms with Crippen LogP contribution >= 0.6 is 45.8 Å².